The smallest absolute Gasteiger partial charge is 0.330 e. The van der Waals surface area contributed by atoms with Gasteiger partial charge in [0.1, 0.15) is 11.5 Å². The van der Waals surface area contributed by atoms with Crippen LogP contribution in [0.4, 0.5) is 4.39 Å². The topological polar surface area (TPSA) is 102 Å². The van der Waals surface area contributed by atoms with Gasteiger partial charge in [0, 0.05) is 19.3 Å². The molecule has 3 heterocycles. The maximum absolute atomic E-state index is 14.3. The number of halogens is 1. The number of fused-ring (bicyclic) bond motifs is 1. The van der Waals surface area contributed by atoms with Gasteiger partial charge in [0.15, 0.2) is 0 Å². The third-order valence-electron chi connectivity index (χ3n) is 4.70. The molecule has 0 aliphatic carbocycles. The molecule has 4 rings (SSSR count). The van der Waals surface area contributed by atoms with E-state index in [9.17, 15) is 18.8 Å². The number of nitrogens with one attached hydrogen (secondary N) is 1. The van der Waals surface area contributed by atoms with E-state index in [2.05, 4.69) is 15.3 Å². The maximum Gasteiger partial charge on any atom is 0.330 e. The van der Waals surface area contributed by atoms with Crippen LogP contribution >= 0.6 is 0 Å². The molecule has 144 valence electrons. The number of benzene rings is 1. The highest BCUT2D eigenvalue weighted by Gasteiger charge is 2.19. The molecule has 1 aromatic carbocycles. The lowest BCUT2D eigenvalue weighted by Gasteiger charge is -2.35. The minimum absolute atomic E-state index is 0.0407. The van der Waals surface area contributed by atoms with E-state index in [0.717, 1.165) is 0 Å². The molecule has 9 heteroatoms. The third-order valence-corrected chi connectivity index (χ3v) is 4.70. The predicted octanol–water partition coefficient (Wildman–Crippen LogP) is 1.10. The summed E-state index contributed by atoms with van der Waals surface area (Å²) in [6, 6.07) is 7.33. The highest BCUT2D eigenvalue weighted by atomic mass is 19.1. The van der Waals surface area contributed by atoms with Crippen LogP contribution in [0, 0.1) is 5.82 Å². The summed E-state index contributed by atoms with van der Waals surface area (Å²) in [5.74, 6) is -1.01. The zero-order chi connectivity index (χ0) is 19.7. The lowest BCUT2D eigenvalue weighted by Crippen LogP contribution is -2.39. The summed E-state index contributed by atoms with van der Waals surface area (Å²) in [6.45, 7) is 2.03. The van der Waals surface area contributed by atoms with Crippen molar-refractivity contribution in [1.29, 1.82) is 0 Å². The minimum atomic E-state index is -0.619. The standard InChI is InChI=1S/C19H17FN5O3/c20-15-4-3-12(10-14(15)18(27)24-8-6-21-7-9-24)11-25-16-13(2-1-5-22-16)17(26)23-19(25)28/h1-5,10H,6-9,11H2,(H,23,26,28)/q-1. The average Bonchev–Trinajstić information content (AvgIpc) is 2.72. The average molecular weight is 382 g/mol. The number of H-pyrrole nitrogens is 1. The molecule has 0 radical (unpaired) electrons. The molecule has 2 aromatic heterocycles. The van der Waals surface area contributed by atoms with Crippen molar-refractivity contribution >= 4 is 16.9 Å². The summed E-state index contributed by atoms with van der Waals surface area (Å²) >= 11 is 0. The first kappa shape index (κ1) is 18.1. The lowest BCUT2D eigenvalue weighted by atomic mass is 10.1. The van der Waals surface area contributed by atoms with Gasteiger partial charge < -0.3 is 10.2 Å². The molecule has 1 aliphatic heterocycles. The molecule has 0 spiro atoms. The second-order valence-corrected chi connectivity index (χ2v) is 6.50. The second kappa shape index (κ2) is 7.35. The van der Waals surface area contributed by atoms with Crippen LogP contribution in [-0.4, -0.2) is 51.5 Å². The fraction of sp³-hybridized carbons (Fsp3) is 0.263. The molecule has 1 saturated heterocycles. The van der Waals surface area contributed by atoms with Gasteiger partial charge in [-0.25, -0.2) is 14.2 Å². The van der Waals surface area contributed by atoms with Gasteiger partial charge in [-0.3, -0.25) is 19.1 Å². The Morgan fingerprint density at radius 3 is 2.79 bits per heavy atom. The van der Waals surface area contributed by atoms with Crippen LogP contribution in [0.5, 0.6) is 0 Å². The summed E-state index contributed by atoms with van der Waals surface area (Å²) in [5, 5.41) is 4.46. The van der Waals surface area contributed by atoms with Crippen molar-refractivity contribution < 1.29 is 9.18 Å². The first-order chi connectivity index (χ1) is 13.5. The van der Waals surface area contributed by atoms with Gasteiger partial charge >= 0.3 is 5.69 Å². The number of rotatable bonds is 3. The number of hydrogen-bond donors (Lipinski definition) is 1. The van der Waals surface area contributed by atoms with E-state index in [4.69, 9.17) is 0 Å². The van der Waals surface area contributed by atoms with E-state index >= 15 is 0 Å². The fourth-order valence-electron chi connectivity index (χ4n) is 3.26. The highest BCUT2D eigenvalue weighted by Crippen LogP contribution is 2.16. The summed E-state index contributed by atoms with van der Waals surface area (Å²) < 4.78 is 15.6. The molecule has 1 fully saturated rings. The Bertz CT molecular complexity index is 1160. The van der Waals surface area contributed by atoms with Crippen LogP contribution in [0.3, 0.4) is 0 Å². The Balaban J connectivity index is 1.72. The summed E-state index contributed by atoms with van der Waals surface area (Å²) in [5.41, 5.74) is -0.409. The van der Waals surface area contributed by atoms with Crippen molar-refractivity contribution in [1.82, 2.24) is 19.4 Å². The first-order valence-corrected chi connectivity index (χ1v) is 8.83. The summed E-state index contributed by atoms with van der Waals surface area (Å²) in [4.78, 5) is 44.9. The number of amides is 1. The number of aromatic amines is 1. The quantitative estimate of drug-likeness (QED) is 0.733. The second-order valence-electron chi connectivity index (χ2n) is 6.50. The third kappa shape index (κ3) is 3.31. The maximum atomic E-state index is 14.3. The normalized spacial score (nSPS) is 14.4. The van der Waals surface area contributed by atoms with Crippen molar-refractivity contribution in [2.45, 2.75) is 6.54 Å². The Morgan fingerprint density at radius 2 is 2.00 bits per heavy atom. The molecule has 0 bridgehead atoms. The van der Waals surface area contributed by atoms with Crippen molar-refractivity contribution in [3.05, 3.63) is 79.6 Å². The Kier molecular flexibility index (Phi) is 4.74. The Morgan fingerprint density at radius 1 is 1.21 bits per heavy atom. The first-order valence-electron chi connectivity index (χ1n) is 8.83. The molecule has 1 amide bonds. The number of aromatic nitrogens is 3. The number of carbonyl (C=O) groups excluding carboxylic acids is 1. The van der Waals surface area contributed by atoms with Gasteiger partial charge in [-0.1, -0.05) is 6.07 Å². The molecule has 3 aromatic rings. The van der Waals surface area contributed by atoms with Crippen molar-refractivity contribution in [2.24, 2.45) is 0 Å². The van der Waals surface area contributed by atoms with E-state index in [1.54, 1.807) is 17.0 Å². The zero-order valence-corrected chi connectivity index (χ0v) is 14.9. The number of carbonyl (C=O) groups is 1. The van der Waals surface area contributed by atoms with Gasteiger partial charge in [-0.15, -0.1) is 13.1 Å². The van der Waals surface area contributed by atoms with Crippen molar-refractivity contribution in [3.8, 4) is 0 Å². The van der Waals surface area contributed by atoms with Crippen LogP contribution in [0.1, 0.15) is 15.9 Å². The van der Waals surface area contributed by atoms with Crippen LogP contribution < -0.4 is 11.2 Å². The molecule has 0 atom stereocenters. The van der Waals surface area contributed by atoms with E-state index < -0.39 is 23.0 Å². The van der Waals surface area contributed by atoms with E-state index in [1.165, 1.54) is 29.0 Å². The van der Waals surface area contributed by atoms with Gasteiger partial charge in [-0.05, 0) is 29.8 Å². The molecule has 28 heavy (non-hydrogen) atoms. The number of piperazine rings is 1. The number of hydrogen-bond acceptors (Lipinski definition) is 4. The zero-order valence-electron chi connectivity index (χ0n) is 14.9. The minimum Gasteiger partial charge on any atom is -0.659 e. The molecule has 8 nitrogen and oxygen atoms in total. The highest BCUT2D eigenvalue weighted by molar-refractivity contribution is 5.94. The lowest BCUT2D eigenvalue weighted by molar-refractivity contribution is 0.0753. The number of nitrogens with zero attached hydrogens (tertiary/aromatic N) is 4. The summed E-state index contributed by atoms with van der Waals surface area (Å²) in [6.07, 6.45) is 1.48. The van der Waals surface area contributed by atoms with E-state index in [1.807, 2.05) is 0 Å². The van der Waals surface area contributed by atoms with Gasteiger partial charge in [0.05, 0.1) is 17.5 Å². The van der Waals surface area contributed by atoms with Crippen LogP contribution in [-0.2, 0) is 6.54 Å². The molecular formula is C19H17FN5O3-. The molecular weight excluding hydrogens is 365 g/mol. The van der Waals surface area contributed by atoms with Gasteiger partial charge in [-0.2, -0.15) is 0 Å². The largest absolute Gasteiger partial charge is 0.659 e. The van der Waals surface area contributed by atoms with Gasteiger partial charge in [0.2, 0.25) is 0 Å². The van der Waals surface area contributed by atoms with E-state index in [0.29, 0.717) is 31.7 Å². The van der Waals surface area contributed by atoms with Crippen LogP contribution in [0.25, 0.3) is 16.4 Å². The van der Waals surface area contributed by atoms with Crippen molar-refractivity contribution in [3.63, 3.8) is 0 Å². The van der Waals surface area contributed by atoms with Gasteiger partial charge in [0.25, 0.3) is 11.5 Å². The predicted molar refractivity (Wildman–Crippen MR) is 101 cm³/mol. The Labute approximate surface area is 158 Å². The molecule has 1 aliphatic rings. The fourth-order valence-corrected chi connectivity index (χ4v) is 3.26. The number of pyridine rings is 1. The van der Waals surface area contributed by atoms with E-state index in [-0.39, 0.29) is 23.1 Å². The molecule has 0 unspecified atom stereocenters. The van der Waals surface area contributed by atoms with Crippen molar-refractivity contribution in [2.75, 3.05) is 26.2 Å². The monoisotopic (exact) mass is 382 g/mol. The molecule has 0 saturated carbocycles. The Hall–Kier alpha value is -3.33. The SMILES string of the molecule is O=C(c1cc(Cn2c(=O)[nH]c(=O)c3cccnc32)ccc1F)N1CC[N-]CC1. The van der Waals surface area contributed by atoms with Crippen LogP contribution in [0.15, 0.2) is 46.1 Å². The summed E-state index contributed by atoms with van der Waals surface area (Å²) in [7, 11) is 0. The molecule has 1 N–H and O–H groups in total. The van der Waals surface area contributed by atoms with Crippen LogP contribution in [0.2, 0.25) is 0 Å².